The number of rotatable bonds is 3. The molecule has 0 bridgehead atoms. The van der Waals surface area contributed by atoms with Gasteiger partial charge in [-0.15, -0.1) is 10.2 Å². The summed E-state index contributed by atoms with van der Waals surface area (Å²) in [6.45, 7) is -0.195. The highest BCUT2D eigenvalue weighted by atomic mass is 16.4. The van der Waals surface area contributed by atoms with Gasteiger partial charge >= 0.3 is 5.97 Å². The highest BCUT2D eigenvalue weighted by Gasteiger charge is 2.05. The van der Waals surface area contributed by atoms with Crippen molar-refractivity contribution in [2.24, 2.45) is 0 Å². The van der Waals surface area contributed by atoms with Crippen LogP contribution in [0.25, 0.3) is 5.65 Å². The van der Waals surface area contributed by atoms with Crippen LogP contribution in [0.15, 0.2) is 18.7 Å². The number of fused-ring (bicyclic) bond motifs is 1. The van der Waals surface area contributed by atoms with Gasteiger partial charge in [-0.2, -0.15) is 0 Å². The molecule has 0 spiro atoms. The van der Waals surface area contributed by atoms with Gasteiger partial charge in [-0.25, -0.2) is 4.98 Å². The van der Waals surface area contributed by atoms with Crippen LogP contribution in [0.2, 0.25) is 0 Å². The van der Waals surface area contributed by atoms with Crippen LogP contribution in [0.5, 0.6) is 0 Å². The number of carbonyl (C=O) groups is 1. The van der Waals surface area contributed by atoms with Crippen LogP contribution in [0, 0.1) is 0 Å². The fraction of sp³-hybridized carbons (Fsp3) is 0.143. The fourth-order valence-corrected chi connectivity index (χ4v) is 1.04. The highest BCUT2D eigenvalue weighted by molar-refractivity contribution is 5.74. The molecule has 0 amide bonds. The minimum Gasteiger partial charge on any atom is -0.480 e. The minimum atomic E-state index is -0.951. The molecule has 0 fully saturated rings. The van der Waals surface area contributed by atoms with Crippen molar-refractivity contribution in [3.05, 3.63) is 18.7 Å². The maximum Gasteiger partial charge on any atom is 0.322 e. The molecule has 0 aromatic carbocycles. The van der Waals surface area contributed by atoms with Crippen molar-refractivity contribution in [1.29, 1.82) is 0 Å². The van der Waals surface area contributed by atoms with Gasteiger partial charge in [0, 0.05) is 12.4 Å². The molecule has 0 saturated carbocycles. The Labute approximate surface area is 78.4 Å². The maximum atomic E-state index is 10.3. The number of nitrogens with zero attached hydrogens (tertiary/aromatic N) is 4. The van der Waals surface area contributed by atoms with Crippen molar-refractivity contribution in [2.45, 2.75) is 0 Å². The summed E-state index contributed by atoms with van der Waals surface area (Å²) in [7, 11) is 0. The molecule has 0 aliphatic rings. The van der Waals surface area contributed by atoms with Crippen molar-refractivity contribution >= 4 is 17.4 Å². The summed E-state index contributed by atoms with van der Waals surface area (Å²) in [5, 5.41) is 18.6. The van der Waals surface area contributed by atoms with Crippen LogP contribution in [-0.2, 0) is 4.79 Å². The van der Waals surface area contributed by atoms with Gasteiger partial charge in [0.05, 0.1) is 0 Å². The predicted molar refractivity (Wildman–Crippen MR) is 46.9 cm³/mol. The summed E-state index contributed by atoms with van der Waals surface area (Å²) in [6, 6.07) is 0. The first-order valence-corrected chi connectivity index (χ1v) is 3.87. The summed E-state index contributed by atoms with van der Waals surface area (Å²) in [6.07, 6.45) is 4.74. The molecule has 0 atom stereocenters. The zero-order valence-corrected chi connectivity index (χ0v) is 7.08. The normalized spacial score (nSPS) is 10.3. The van der Waals surface area contributed by atoms with Crippen molar-refractivity contribution in [3.63, 3.8) is 0 Å². The first-order valence-electron chi connectivity index (χ1n) is 3.87. The van der Waals surface area contributed by atoms with E-state index in [2.05, 4.69) is 20.5 Å². The lowest BCUT2D eigenvalue weighted by Crippen LogP contribution is -2.13. The Balaban J connectivity index is 2.32. The number of aliphatic carboxylic acids is 1. The smallest absolute Gasteiger partial charge is 0.322 e. The third-order valence-electron chi connectivity index (χ3n) is 1.62. The van der Waals surface area contributed by atoms with E-state index in [1.54, 1.807) is 16.8 Å². The van der Waals surface area contributed by atoms with Crippen LogP contribution in [0.1, 0.15) is 0 Å². The maximum absolute atomic E-state index is 10.3. The number of carboxylic acids is 1. The number of aromatic nitrogens is 4. The second-order valence-corrected chi connectivity index (χ2v) is 2.58. The van der Waals surface area contributed by atoms with Crippen LogP contribution in [0.4, 0.5) is 5.82 Å². The van der Waals surface area contributed by atoms with Gasteiger partial charge in [0.15, 0.2) is 5.82 Å². The lowest BCUT2D eigenvalue weighted by Gasteiger charge is -2.01. The van der Waals surface area contributed by atoms with E-state index in [1.165, 1.54) is 6.33 Å². The molecule has 14 heavy (non-hydrogen) atoms. The van der Waals surface area contributed by atoms with Crippen LogP contribution in [0.3, 0.4) is 0 Å². The van der Waals surface area contributed by atoms with Gasteiger partial charge in [0.25, 0.3) is 0 Å². The molecule has 2 aromatic rings. The molecule has 7 heteroatoms. The summed E-state index contributed by atoms with van der Waals surface area (Å²) in [4.78, 5) is 14.3. The minimum absolute atomic E-state index is 0.195. The van der Waals surface area contributed by atoms with E-state index in [0.29, 0.717) is 11.5 Å². The number of anilines is 1. The highest BCUT2D eigenvalue weighted by Crippen LogP contribution is 2.08. The molecule has 2 aromatic heterocycles. The monoisotopic (exact) mass is 193 g/mol. The van der Waals surface area contributed by atoms with Gasteiger partial charge in [-0.1, -0.05) is 0 Å². The number of nitrogens with one attached hydrogen (secondary N) is 1. The average Bonchev–Trinajstić information content (AvgIpc) is 2.62. The van der Waals surface area contributed by atoms with Crippen molar-refractivity contribution in [3.8, 4) is 0 Å². The molecule has 72 valence electrons. The topological polar surface area (TPSA) is 92.4 Å². The molecule has 2 heterocycles. The Bertz CT molecular complexity index is 466. The van der Waals surface area contributed by atoms with Gasteiger partial charge in [0.2, 0.25) is 5.65 Å². The molecule has 0 radical (unpaired) electrons. The van der Waals surface area contributed by atoms with E-state index in [1.807, 2.05) is 0 Å². The Morgan fingerprint density at radius 2 is 2.50 bits per heavy atom. The van der Waals surface area contributed by atoms with Crippen molar-refractivity contribution in [2.75, 3.05) is 11.9 Å². The summed E-state index contributed by atoms with van der Waals surface area (Å²) in [5.74, 6) is -0.541. The second kappa shape index (κ2) is 3.29. The van der Waals surface area contributed by atoms with Crippen molar-refractivity contribution in [1.82, 2.24) is 19.6 Å². The molecule has 2 N–H and O–H groups in total. The third kappa shape index (κ3) is 1.47. The van der Waals surface area contributed by atoms with Gasteiger partial charge < -0.3 is 10.4 Å². The number of hydrogen-bond acceptors (Lipinski definition) is 5. The molecule has 0 aliphatic heterocycles. The Kier molecular flexibility index (Phi) is 1.98. The molecule has 7 nitrogen and oxygen atoms in total. The van der Waals surface area contributed by atoms with E-state index in [4.69, 9.17) is 5.11 Å². The zero-order chi connectivity index (χ0) is 9.97. The number of hydrogen-bond donors (Lipinski definition) is 2. The molecule has 2 rings (SSSR count). The van der Waals surface area contributed by atoms with Crippen LogP contribution in [-0.4, -0.2) is 37.2 Å². The number of carboxylic acid groups (broad SMARTS) is 1. The van der Waals surface area contributed by atoms with Crippen molar-refractivity contribution < 1.29 is 9.90 Å². The molecule has 0 unspecified atom stereocenters. The standard InChI is InChI=1S/C7H7N5O2/c13-5(14)3-9-6-7-11-10-4-12(7)2-1-8-6/h1-2,4H,3H2,(H,8,9)(H,13,14). The first kappa shape index (κ1) is 8.42. The third-order valence-corrected chi connectivity index (χ3v) is 1.62. The average molecular weight is 193 g/mol. The Morgan fingerprint density at radius 1 is 1.64 bits per heavy atom. The fourth-order valence-electron chi connectivity index (χ4n) is 1.04. The summed E-state index contributed by atoms with van der Waals surface area (Å²) >= 11 is 0. The molecular weight excluding hydrogens is 186 g/mol. The van der Waals surface area contributed by atoms with E-state index in [0.717, 1.165) is 0 Å². The Morgan fingerprint density at radius 3 is 3.29 bits per heavy atom. The largest absolute Gasteiger partial charge is 0.480 e. The van der Waals surface area contributed by atoms with Gasteiger partial charge in [-0.3, -0.25) is 9.20 Å². The van der Waals surface area contributed by atoms with Crippen LogP contribution < -0.4 is 5.32 Å². The van der Waals surface area contributed by atoms with E-state index in [9.17, 15) is 4.79 Å². The lowest BCUT2D eigenvalue weighted by molar-refractivity contribution is -0.134. The second-order valence-electron chi connectivity index (χ2n) is 2.58. The van der Waals surface area contributed by atoms with E-state index in [-0.39, 0.29) is 6.54 Å². The summed E-state index contributed by atoms with van der Waals surface area (Å²) in [5.41, 5.74) is 0.508. The van der Waals surface area contributed by atoms with Crippen LogP contribution >= 0.6 is 0 Å². The van der Waals surface area contributed by atoms with Gasteiger partial charge in [-0.05, 0) is 0 Å². The first-order chi connectivity index (χ1) is 6.77. The SMILES string of the molecule is O=C(O)CNc1nccn2cnnc12. The Hall–Kier alpha value is -2.18. The summed E-state index contributed by atoms with van der Waals surface area (Å²) < 4.78 is 1.65. The quantitative estimate of drug-likeness (QED) is 0.690. The lowest BCUT2D eigenvalue weighted by atomic mass is 10.5. The predicted octanol–water partition coefficient (Wildman–Crippen LogP) is -0.379. The zero-order valence-electron chi connectivity index (χ0n) is 7.08. The molecule has 0 aliphatic carbocycles. The van der Waals surface area contributed by atoms with Gasteiger partial charge in [0.1, 0.15) is 12.9 Å². The molecule has 0 saturated heterocycles. The van der Waals surface area contributed by atoms with E-state index < -0.39 is 5.97 Å². The molecular formula is C7H7N5O2. The van der Waals surface area contributed by atoms with E-state index >= 15 is 0 Å².